The Kier molecular flexibility index (Phi) is 5.12. The van der Waals surface area contributed by atoms with Gasteiger partial charge in [0, 0.05) is 16.7 Å². The molecule has 1 aromatic rings. The first kappa shape index (κ1) is 12.5. The van der Waals surface area contributed by atoms with Gasteiger partial charge in [-0.05, 0) is 24.1 Å². The lowest BCUT2D eigenvalue weighted by molar-refractivity contribution is 0.538. The lowest BCUT2D eigenvalue weighted by Crippen LogP contribution is -2.23. The van der Waals surface area contributed by atoms with Crippen LogP contribution in [0.15, 0.2) is 29.2 Å². The lowest BCUT2D eigenvalue weighted by Gasteiger charge is -2.20. The summed E-state index contributed by atoms with van der Waals surface area (Å²) in [5.41, 5.74) is 5.72. The highest BCUT2D eigenvalue weighted by atomic mass is 32.2. The number of halogens is 1. The molecule has 1 nitrogen and oxygen atoms in total. The maximum atomic E-state index is 13.0. The van der Waals surface area contributed by atoms with E-state index >= 15 is 0 Å². The molecule has 0 heterocycles. The molecule has 84 valence electrons. The first-order valence-electron chi connectivity index (χ1n) is 5.29. The molecule has 0 amide bonds. The number of thioether (sulfide) groups is 1. The Balaban J connectivity index is 2.66. The molecule has 0 aliphatic heterocycles. The molecule has 2 N–H and O–H groups in total. The molecule has 1 aromatic carbocycles. The fourth-order valence-electron chi connectivity index (χ4n) is 1.37. The Morgan fingerprint density at radius 1 is 1.47 bits per heavy atom. The van der Waals surface area contributed by atoms with Crippen LogP contribution in [0.5, 0.6) is 0 Å². The molecule has 15 heavy (non-hydrogen) atoms. The Morgan fingerprint density at radius 3 is 2.73 bits per heavy atom. The van der Waals surface area contributed by atoms with Gasteiger partial charge >= 0.3 is 0 Å². The molecule has 2 unspecified atom stereocenters. The summed E-state index contributed by atoms with van der Waals surface area (Å²) in [4.78, 5) is 0.964. The second-order valence-electron chi connectivity index (χ2n) is 3.73. The van der Waals surface area contributed by atoms with E-state index < -0.39 is 0 Å². The van der Waals surface area contributed by atoms with Crippen LogP contribution in [0, 0.1) is 11.7 Å². The average molecular weight is 227 g/mol. The van der Waals surface area contributed by atoms with E-state index in [1.54, 1.807) is 23.9 Å². The predicted octanol–water partition coefficient (Wildman–Crippen LogP) is 3.29. The van der Waals surface area contributed by atoms with E-state index in [0.717, 1.165) is 11.3 Å². The van der Waals surface area contributed by atoms with E-state index in [9.17, 15) is 4.39 Å². The van der Waals surface area contributed by atoms with Gasteiger partial charge in [-0.25, -0.2) is 4.39 Å². The maximum Gasteiger partial charge on any atom is 0.124 e. The largest absolute Gasteiger partial charge is 0.329 e. The average Bonchev–Trinajstić information content (AvgIpc) is 2.25. The molecule has 0 aliphatic carbocycles. The first-order valence-corrected chi connectivity index (χ1v) is 6.17. The molecule has 0 aromatic heterocycles. The molecule has 0 bridgehead atoms. The van der Waals surface area contributed by atoms with E-state index in [-0.39, 0.29) is 5.82 Å². The zero-order valence-corrected chi connectivity index (χ0v) is 10.1. The minimum atomic E-state index is -0.181. The van der Waals surface area contributed by atoms with Gasteiger partial charge in [-0.3, -0.25) is 0 Å². The van der Waals surface area contributed by atoms with Crippen molar-refractivity contribution in [2.45, 2.75) is 30.4 Å². The Bertz CT molecular complexity index is 303. The minimum Gasteiger partial charge on any atom is -0.329 e. The normalized spacial score (nSPS) is 14.9. The summed E-state index contributed by atoms with van der Waals surface area (Å²) in [5, 5.41) is 0.372. The van der Waals surface area contributed by atoms with Crippen LogP contribution in [0.25, 0.3) is 0 Å². The van der Waals surface area contributed by atoms with Crippen LogP contribution in [-0.4, -0.2) is 11.8 Å². The van der Waals surface area contributed by atoms with Crippen molar-refractivity contribution in [3.8, 4) is 0 Å². The monoisotopic (exact) mass is 227 g/mol. The fraction of sp³-hybridized carbons (Fsp3) is 0.500. The summed E-state index contributed by atoms with van der Waals surface area (Å²) in [6, 6.07) is 6.70. The molecule has 0 spiro atoms. The van der Waals surface area contributed by atoms with Crippen LogP contribution in [0.1, 0.15) is 20.3 Å². The van der Waals surface area contributed by atoms with Gasteiger partial charge in [0.1, 0.15) is 5.82 Å². The van der Waals surface area contributed by atoms with Gasteiger partial charge in [-0.15, -0.1) is 11.8 Å². The van der Waals surface area contributed by atoms with Crippen molar-refractivity contribution in [3.63, 3.8) is 0 Å². The minimum absolute atomic E-state index is 0.181. The third kappa shape index (κ3) is 3.84. The summed E-state index contributed by atoms with van der Waals surface area (Å²) < 4.78 is 13.0. The molecular weight excluding hydrogens is 209 g/mol. The molecule has 0 radical (unpaired) electrons. The summed E-state index contributed by atoms with van der Waals surface area (Å²) in [6.45, 7) is 4.97. The fourth-order valence-corrected chi connectivity index (χ4v) is 2.58. The summed E-state index contributed by atoms with van der Waals surface area (Å²) in [7, 11) is 0. The summed E-state index contributed by atoms with van der Waals surface area (Å²) >= 11 is 1.67. The number of rotatable bonds is 5. The van der Waals surface area contributed by atoms with Gasteiger partial charge in [-0.1, -0.05) is 26.3 Å². The second kappa shape index (κ2) is 6.13. The molecule has 0 saturated carbocycles. The van der Waals surface area contributed by atoms with Gasteiger partial charge in [0.15, 0.2) is 0 Å². The van der Waals surface area contributed by atoms with Crippen molar-refractivity contribution < 1.29 is 4.39 Å². The maximum absolute atomic E-state index is 13.0. The highest BCUT2D eigenvalue weighted by Gasteiger charge is 2.15. The zero-order valence-electron chi connectivity index (χ0n) is 9.24. The van der Waals surface area contributed by atoms with Crippen molar-refractivity contribution in [2.75, 3.05) is 6.54 Å². The summed E-state index contributed by atoms with van der Waals surface area (Å²) in [6.07, 6.45) is 1.10. The van der Waals surface area contributed by atoms with Crippen LogP contribution < -0.4 is 5.73 Å². The van der Waals surface area contributed by atoms with E-state index in [2.05, 4.69) is 13.8 Å². The van der Waals surface area contributed by atoms with Crippen LogP contribution >= 0.6 is 11.8 Å². The van der Waals surface area contributed by atoms with Crippen molar-refractivity contribution >= 4 is 11.8 Å². The van der Waals surface area contributed by atoms with E-state index in [1.807, 2.05) is 6.07 Å². The van der Waals surface area contributed by atoms with Crippen LogP contribution in [-0.2, 0) is 0 Å². The van der Waals surface area contributed by atoms with E-state index in [1.165, 1.54) is 6.07 Å². The molecule has 2 atom stereocenters. The lowest BCUT2D eigenvalue weighted by atomic mass is 10.1. The van der Waals surface area contributed by atoms with E-state index in [0.29, 0.717) is 17.7 Å². The van der Waals surface area contributed by atoms with Gasteiger partial charge in [0.05, 0.1) is 0 Å². The van der Waals surface area contributed by atoms with Crippen molar-refractivity contribution in [1.82, 2.24) is 0 Å². The second-order valence-corrected chi connectivity index (χ2v) is 5.05. The number of hydrogen-bond acceptors (Lipinski definition) is 2. The Morgan fingerprint density at radius 2 is 2.20 bits per heavy atom. The third-order valence-corrected chi connectivity index (χ3v) is 4.08. The van der Waals surface area contributed by atoms with Gasteiger partial charge < -0.3 is 5.73 Å². The molecular formula is C12H18FNS. The van der Waals surface area contributed by atoms with E-state index in [4.69, 9.17) is 5.73 Å². The number of hydrogen-bond donors (Lipinski definition) is 1. The number of nitrogens with two attached hydrogens (primary N) is 1. The molecule has 1 rings (SSSR count). The standard InChI is InChI=1S/C12H18FNS/c1-3-9(2)12(8-14)15-11-6-4-5-10(13)7-11/h4-7,9,12H,3,8,14H2,1-2H3. The first-order chi connectivity index (χ1) is 7.17. The molecule has 3 heteroatoms. The van der Waals surface area contributed by atoms with Gasteiger partial charge in [-0.2, -0.15) is 0 Å². The van der Waals surface area contributed by atoms with Crippen LogP contribution in [0.2, 0.25) is 0 Å². The van der Waals surface area contributed by atoms with Crippen molar-refractivity contribution in [1.29, 1.82) is 0 Å². The smallest absolute Gasteiger partial charge is 0.124 e. The highest BCUT2D eigenvalue weighted by Crippen LogP contribution is 2.29. The predicted molar refractivity (Wildman–Crippen MR) is 64.6 cm³/mol. The van der Waals surface area contributed by atoms with Crippen LogP contribution in [0.3, 0.4) is 0 Å². The van der Waals surface area contributed by atoms with Crippen molar-refractivity contribution in [2.24, 2.45) is 11.7 Å². The summed E-state index contributed by atoms with van der Waals surface area (Å²) in [5.74, 6) is 0.378. The topological polar surface area (TPSA) is 26.0 Å². The zero-order chi connectivity index (χ0) is 11.3. The molecule has 0 aliphatic rings. The molecule has 0 fully saturated rings. The van der Waals surface area contributed by atoms with Crippen LogP contribution in [0.4, 0.5) is 4.39 Å². The highest BCUT2D eigenvalue weighted by molar-refractivity contribution is 8.00. The molecule has 0 saturated heterocycles. The Labute approximate surface area is 95.2 Å². The number of benzene rings is 1. The van der Waals surface area contributed by atoms with Crippen molar-refractivity contribution in [3.05, 3.63) is 30.1 Å². The Hall–Kier alpha value is -0.540. The SMILES string of the molecule is CCC(C)C(CN)Sc1cccc(F)c1. The van der Waals surface area contributed by atoms with Gasteiger partial charge in [0.25, 0.3) is 0 Å². The third-order valence-electron chi connectivity index (χ3n) is 2.59. The quantitative estimate of drug-likeness (QED) is 0.781. The van der Waals surface area contributed by atoms with Gasteiger partial charge in [0.2, 0.25) is 0 Å².